The van der Waals surface area contributed by atoms with Crippen LogP contribution in [0.3, 0.4) is 0 Å². The van der Waals surface area contributed by atoms with Crippen molar-refractivity contribution in [3.05, 3.63) is 108 Å². The maximum atomic E-state index is 6.08. The van der Waals surface area contributed by atoms with Crippen molar-refractivity contribution >= 4 is 5.57 Å². The minimum atomic E-state index is 0.321. The summed E-state index contributed by atoms with van der Waals surface area (Å²) in [6.07, 6.45) is 7.10. The van der Waals surface area contributed by atoms with E-state index in [4.69, 9.17) is 4.74 Å². The number of hydrogen-bond donors (Lipinski definition) is 1. The molecule has 166 valence electrons. The molecule has 0 amide bonds. The van der Waals surface area contributed by atoms with Gasteiger partial charge in [0.15, 0.2) is 0 Å². The molecule has 2 nitrogen and oxygen atoms in total. The Morgan fingerprint density at radius 3 is 2.25 bits per heavy atom. The van der Waals surface area contributed by atoms with Crippen LogP contribution in [0.25, 0.3) is 5.57 Å². The van der Waals surface area contributed by atoms with E-state index in [-0.39, 0.29) is 0 Å². The molecule has 3 aromatic rings. The summed E-state index contributed by atoms with van der Waals surface area (Å²) in [7, 11) is 0. The lowest BCUT2D eigenvalue weighted by atomic mass is 9.89. The van der Waals surface area contributed by atoms with E-state index < -0.39 is 0 Å². The van der Waals surface area contributed by atoms with Crippen LogP contribution < -0.4 is 10.1 Å². The van der Waals surface area contributed by atoms with E-state index >= 15 is 0 Å². The van der Waals surface area contributed by atoms with Crippen LogP contribution in [0.2, 0.25) is 0 Å². The highest BCUT2D eigenvalue weighted by Gasteiger charge is 2.14. The summed E-state index contributed by atoms with van der Waals surface area (Å²) in [6.45, 7) is 5.33. The lowest BCUT2D eigenvalue weighted by molar-refractivity contribution is 0.252. The lowest BCUT2D eigenvalue weighted by Crippen LogP contribution is -2.28. The number of nitrogens with one attached hydrogen (secondary N) is 1. The first kappa shape index (κ1) is 22.4. The topological polar surface area (TPSA) is 21.3 Å². The Labute approximate surface area is 193 Å². The standard InChI is InChI=1S/C30H35NO/c1-24(27-10-6-3-7-11-27)22-29(23-26-8-4-2-5-9-26)28-12-14-30(15-13-28)32-21-18-25-16-19-31-20-17-25/h2-15,22,25,29,31H,16-21,23H2,1H3. The Morgan fingerprint density at radius 2 is 1.56 bits per heavy atom. The van der Waals surface area contributed by atoms with Gasteiger partial charge in [-0.15, -0.1) is 0 Å². The fourth-order valence-electron chi connectivity index (χ4n) is 4.57. The molecule has 0 spiro atoms. The van der Waals surface area contributed by atoms with Gasteiger partial charge in [0.25, 0.3) is 0 Å². The molecule has 1 aliphatic rings. The molecule has 1 aliphatic heterocycles. The zero-order valence-electron chi connectivity index (χ0n) is 19.2. The third-order valence-corrected chi connectivity index (χ3v) is 6.54. The second-order valence-electron chi connectivity index (χ2n) is 8.91. The molecule has 0 aromatic heterocycles. The number of rotatable bonds is 9. The van der Waals surface area contributed by atoms with Gasteiger partial charge in [-0.1, -0.05) is 78.9 Å². The molecule has 1 heterocycles. The van der Waals surface area contributed by atoms with E-state index in [1.165, 1.54) is 35.1 Å². The van der Waals surface area contributed by atoms with Gasteiger partial charge >= 0.3 is 0 Å². The maximum Gasteiger partial charge on any atom is 0.119 e. The molecule has 32 heavy (non-hydrogen) atoms. The van der Waals surface area contributed by atoms with Crippen LogP contribution in [0.1, 0.15) is 48.8 Å². The summed E-state index contributed by atoms with van der Waals surface area (Å²) in [5.74, 6) is 2.10. The smallest absolute Gasteiger partial charge is 0.119 e. The van der Waals surface area contributed by atoms with Crippen molar-refractivity contribution in [1.29, 1.82) is 0 Å². The van der Waals surface area contributed by atoms with Crippen molar-refractivity contribution in [3.8, 4) is 5.75 Å². The van der Waals surface area contributed by atoms with Crippen molar-refractivity contribution < 1.29 is 4.74 Å². The number of ether oxygens (including phenoxy) is 1. The molecular formula is C30H35NO. The average Bonchev–Trinajstić information content (AvgIpc) is 2.86. The average molecular weight is 426 g/mol. The maximum absolute atomic E-state index is 6.08. The van der Waals surface area contributed by atoms with Gasteiger partial charge in [-0.3, -0.25) is 0 Å². The van der Waals surface area contributed by atoms with E-state index in [1.807, 2.05) is 0 Å². The molecule has 4 rings (SSSR count). The van der Waals surface area contributed by atoms with Crippen LogP contribution in [-0.2, 0) is 6.42 Å². The lowest BCUT2D eigenvalue weighted by Gasteiger charge is -2.22. The quantitative estimate of drug-likeness (QED) is 0.403. The highest BCUT2D eigenvalue weighted by molar-refractivity contribution is 5.64. The van der Waals surface area contributed by atoms with Crippen LogP contribution in [0.5, 0.6) is 5.75 Å². The Hall–Kier alpha value is -2.84. The fraction of sp³-hybridized carbons (Fsp3) is 0.333. The monoisotopic (exact) mass is 425 g/mol. The minimum Gasteiger partial charge on any atom is -0.494 e. The normalized spacial score (nSPS) is 16.0. The Kier molecular flexibility index (Phi) is 8.17. The minimum absolute atomic E-state index is 0.321. The molecule has 1 saturated heterocycles. The summed E-state index contributed by atoms with van der Waals surface area (Å²) in [5, 5.41) is 3.44. The third-order valence-electron chi connectivity index (χ3n) is 6.54. The summed E-state index contributed by atoms with van der Waals surface area (Å²) >= 11 is 0. The van der Waals surface area contributed by atoms with E-state index in [9.17, 15) is 0 Å². The summed E-state index contributed by atoms with van der Waals surface area (Å²) < 4.78 is 6.08. The predicted octanol–water partition coefficient (Wildman–Crippen LogP) is 6.88. The van der Waals surface area contributed by atoms with Gasteiger partial charge in [0.2, 0.25) is 0 Å². The first-order valence-electron chi connectivity index (χ1n) is 12.0. The van der Waals surface area contributed by atoms with E-state index in [2.05, 4.69) is 103 Å². The molecule has 1 fully saturated rings. The molecular weight excluding hydrogens is 390 g/mol. The first-order chi connectivity index (χ1) is 15.8. The molecule has 3 aromatic carbocycles. The fourth-order valence-corrected chi connectivity index (χ4v) is 4.57. The van der Waals surface area contributed by atoms with Crippen molar-refractivity contribution in [1.82, 2.24) is 5.32 Å². The van der Waals surface area contributed by atoms with Crippen LogP contribution >= 0.6 is 0 Å². The summed E-state index contributed by atoms with van der Waals surface area (Å²) in [6, 6.07) is 30.2. The molecule has 1 atom stereocenters. The molecule has 0 saturated carbocycles. The molecule has 1 N–H and O–H groups in total. The van der Waals surface area contributed by atoms with Crippen molar-refractivity contribution in [2.24, 2.45) is 5.92 Å². The van der Waals surface area contributed by atoms with E-state index in [0.717, 1.165) is 44.2 Å². The van der Waals surface area contributed by atoms with Crippen LogP contribution in [0.4, 0.5) is 0 Å². The molecule has 1 unspecified atom stereocenters. The van der Waals surface area contributed by atoms with Gasteiger partial charge < -0.3 is 10.1 Å². The second kappa shape index (κ2) is 11.7. The summed E-state index contributed by atoms with van der Waals surface area (Å²) in [4.78, 5) is 0. The largest absolute Gasteiger partial charge is 0.494 e. The van der Waals surface area contributed by atoms with Crippen molar-refractivity contribution in [2.45, 2.75) is 38.5 Å². The molecule has 0 radical (unpaired) electrons. The van der Waals surface area contributed by atoms with Gasteiger partial charge in [-0.25, -0.2) is 0 Å². The number of benzene rings is 3. The number of piperidine rings is 1. The van der Waals surface area contributed by atoms with Gasteiger partial charge in [0.05, 0.1) is 6.61 Å². The van der Waals surface area contributed by atoms with Crippen molar-refractivity contribution in [3.63, 3.8) is 0 Å². The highest BCUT2D eigenvalue weighted by atomic mass is 16.5. The van der Waals surface area contributed by atoms with Gasteiger partial charge in [-0.2, -0.15) is 0 Å². The zero-order valence-corrected chi connectivity index (χ0v) is 19.2. The van der Waals surface area contributed by atoms with Crippen LogP contribution in [0.15, 0.2) is 91.0 Å². The van der Waals surface area contributed by atoms with E-state index in [1.54, 1.807) is 0 Å². The van der Waals surface area contributed by atoms with Gasteiger partial charge in [0, 0.05) is 5.92 Å². The van der Waals surface area contributed by atoms with Gasteiger partial charge in [0.1, 0.15) is 5.75 Å². The molecule has 0 aliphatic carbocycles. The third kappa shape index (κ3) is 6.58. The SMILES string of the molecule is CC(=CC(Cc1ccccc1)c1ccc(OCCC2CCNCC2)cc1)c1ccccc1. The first-order valence-corrected chi connectivity index (χ1v) is 12.0. The van der Waals surface area contributed by atoms with Crippen LogP contribution in [-0.4, -0.2) is 19.7 Å². The number of allylic oxidation sites excluding steroid dienone is 2. The highest BCUT2D eigenvalue weighted by Crippen LogP contribution is 2.28. The second-order valence-corrected chi connectivity index (χ2v) is 8.91. The summed E-state index contributed by atoms with van der Waals surface area (Å²) in [5.41, 5.74) is 5.28. The Bertz CT molecular complexity index is 957. The Balaban J connectivity index is 1.45. The van der Waals surface area contributed by atoms with E-state index in [0.29, 0.717) is 5.92 Å². The number of hydrogen-bond acceptors (Lipinski definition) is 2. The zero-order chi connectivity index (χ0) is 22.0. The van der Waals surface area contributed by atoms with Gasteiger partial charge in [-0.05, 0) is 86.0 Å². The van der Waals surface area contributed by atoms with Crippen molar-refractivity contribution in [2.75, 3.05) is 19.7 Å². The Morgan fingerprint density at radius 1 is 0.906 bits per heavy atom. The molecule has 2 heteroatoms. The predicted molar refractivity (Wildman–Crippen MR) is 135 cm³/mol. The van der Waals surface area contributed by atoms with Crippen LogP contribution in [0, 0.1) is 5.92 Å². The molecule has 0 bridgehead atoms.